The molecule has 0 saturated carbocycles. The van der Waals surface area contributed by atoms with E-state index >= 15 is 0 Å². The summed E-state index contributed by atoms with van der Waals surface area (Å²) in [6.45, 7) is 3.28. The van der Waals surface area contributed by atoms with Crippen molar-refractivity contribution < 1.29 is 4.79 Å². The number of nitrogens with zero attached hydrogens (tertiary/aromatic N) is 1. The molecule has 100 valence electrons. The molecule has 0 fully saturated rings. The van der Waals surface area contributed by atoms with Gasteiger partial charge in [0.25, 0.3) is 5.91 Å². The second-order valence-corrected chi connectivity index (χ2v) is 6.44. The van der Waals surface area contributed by atoms with Crippen molar-refractivity contribution in [3.8, 4) is 0 Å². The third-order valence-corrected chi connectivity index (χ3v) is 4.24. The fraction of sp³-hybridized carbons (Fsp3) is 0.214. The van der Waals surface area contributed by atoms with E-state index in [1.807, 2.05) is 29.3 Å². The van der Waals surface area contributed by atoms with Gasteiger partial charge in [-0.15, -0.1) is 11.3 Å². The van der Waals surface area contributed by atoms with Gasteiger partial charge in [0, 0.05) is 26.5 Å². The maximum absolute atomic E-state index is 12.5. The van der Waals surface area contributed by atoms with E-state index in [9.17, 15) is 4.79 Å². The van der Waals surface area contributed by atoms with Crippen molar-refractivity contribution in [2.75, 3.05) is 6.54 Å². The molecule has 1 aromatic carbocycles. The maximum atomic E-state index is 12.5. The first-order chi connectivity index (χ1) is 9.10. The number of carbonyl (C=O) groups excluding carboxylic acids is 1. The van der Waals surface area contributed by atoms with Crippen LogP contribution in [0.4, 0.5) is 0 Å². The highest BCUT2D eigenvalue weighted by Gasteiger charge is 2.16. The molecular formula is C14H13BrClNOS. The molecule has 0 aliphatic carbocycles. The van der Waals surface area contributed by atoms with Gasteiger partial charge in [0.1, 0.15) is 0 Å². The van der Waals surface area contributed by atoms with Crippen LogP contribution in [-0.2, 0) is 6.54 Å². The van der Waals surface area contributed by atoms with E-state index in [2.05, 4.69) is 15.9 Å². The Bertz CT molecular complexity index is 551. The van der Waals surface area contributed by atoms with Gasteiger partial charge in [-0.25, -0.2) is 0 Å². The van der Waals surface area contributed by atoms with Crippen LogP contribution in [0, 0.1) is 0 Å². The quantitative estimate of drug-likeness (QED) is 0.767. The second kappa shape index (κ2) is 6.55. The molecule has 2 rings (SSSR count). The lowest BCUT2D eigenvalue weighted by molar-refractivity contribution is 0.0754. The van der Waals surface area contributed by atoms with Crippen LogP contribution < -0.4 is 0 Å². The summed E-state index contributed by atoms with van der Waals surface area (Å²) in [4.78, 5) is 15.4. The van der Waals surface area contributed by atoms with Crippen molar-refractivity contribution in [2.24, 2.45) is 0 Å². The normalized spacial score (nSPS) is 10.5. The summed E-state index contributed by atoms with van der Waals surface area (Å²) >= 11 is 11.0. The van der Waals surface area contributed by atoms with E-state index in [1.54, 1.807) is 29.5 Å². The summed E-state index contributed by atoms with van der Waals surface area (Å²) < 4.78 is 0.815. The minimum Gasteiger partial charge on any atom is -0.334 e. The number of rotatable bonds is 4. The molecular weight excluding hydrogens is 346 g/mol. The van der Waals surface area contributed by atoms with Gasteiger partial charge in [0.15, 0.2) is 0 Å². The smallest absolute Gasteiger partial charge is 0.254 e. The largest absolute Gasteiger partial charge is 0.334 e. The Balaban J connectivity index is 2.20. The van der Waals surface area contributed by atoms with Gasteiger partial charge in [-0.05, 0) is 36.6 Å². The van der Waals surface area contributed by atoms with Crippen LogP contribution in [0.1, 0.15) is 22.2 Å². The van der Waals surface area contributed by atoms with Gasteiger partial charge in [-0.1, -0.05) is 33.6 Å². The number of halogens is 2. The average molecular weight is 359 g/mol. The first kappa shape index (κ1) is 14.6. The Kier molecular flexibility index (Phi) is 5.02. The molecule has 0 aliphatic rings. The molecule has 1 aromatic heterocycles. The van der Waals surface area contributed by atoms with Crippen LogP contribution in [0.15, 0.2) is 40.2 Å². The molecule has 5 heteroatoms. The molecule has 0 atom stereocenters. The van der Waals surface area contributed by atoms with E-state index in [0.717, 1.165) is 4.47 Å². The van der Waals surface area contributed by atoms with E-state index in [-0.39, 0.29) is 5.91 Å². The van der Waals surface area contributed by atoms with Crippen LogP contribution >= 0.6 is 38.9 Å². The summed E-state index contributed by atoms with van der Waals surface area (Å²) in [5.74, 6) is -0.000833. The van der Waals surface area contributed by atoms with Crippen LogP contribution in [-0.4, -0.2) is 17.4 Å². The fourth-order valence-electron chi connectivity index (χ4n) is 1.78. The summed E-state index contributed by atoms with van der Waals surface area (Å²) in [7, 11) is 0. The minimum atomic E-state index is -0.000833. The Morgan fingerprint density at radius 1 is 1.42 bits per heavy atom. The standard InChI is InChI=1S/C14H13BrClNOS/c1-2-17(9-13-4-3-5-19-13)14(18)10-6-11(15)8-12(16)7-10/h3-8H,2,9H2,1H3. The van der Waals surface area contributed by atoms with Gasteiger partial charge in [-0.3, -0.25) is 4.79 Å². The number of amides is 1. The van der Waals surface area contributed by atoms with E-state index < -0.39 is 0 Å². The third kappa shape index (κ3) is 3.81. The minimum absolute atomic E-state index is 0.000833. The average Bonchev–Trinajstić information content (AvgIpc) is 2.86. The van der Waals surface area contributed by atoms with Crippen molar-refractivity contribution in [3.05, 3.63) is 55.6 Å². The predicted molar refractivity (Wildman–Crippen MR) is 83.9 cm³/mol. The second-order valence-electron chi connectivity index (χ2n) is 4.06. The van der Waals surface area contributed by atoms with Gasteiger partial charge >= 0.3 is 0 Å². The molecule has 1 amide bonds. The van der Waals surface area contributed by atoms with Crippen molar-refractivity contribution in [1.82, 2.24) is 4.90 Å². The molecule has 1 heterocycles. The Morgan fingerprint density at radius 2 is 2.21 bits per heavy atom. The highest BCUT2D eigenvalue weighted by atomic mass is 79.9. The summed E-state index contributed by atoms with van der Waals surface area (Å²) in [6.07, 6.45) is 0. The number of hydrogen-bond acceptors (Lipinski definition) is 2. The Morgan fingerprint density at radius 3 is 2.79 bits per heavy atom. The molecule has 0 saturated heterocycles. The van der Waals surface area contributed by atoms with Gasteiger partial charge in [0.2, 0.25) is 0 Å². The monoisotopic (exact) mass is 357 g/mol. The zero-order chi connectivity index (χ0) is 13.8. The maximum Gasteiger partial charge on any atom is 0.254 e. The van der Waals surface area contributed by atoms with Crippen molar-refractivity contribution >= 4 is 44.8 Å². The van der Waals surface area contributed by atoms with Crippen molar-refractivity contribution in [2.45, 2.75) is 13.5 Å². The van der Waals surface area contributed by atoms with E-state index in [1.165, 1.54) is 4.88 Å². The van der Waals surface area contributed by atoms with Crippen LogP contribution in [0.5, 0.6) is 0 Å². The van der Waals surface area contributed by atoms with Gasteiger partial charge in [0.05, 0.1) is 6.54 Å². The van der Waals surface area contributed by atoms with Gasteiger partial charge in [-0.2, -0.15) is 0 Å². The fourth-order valence-corrected chi connectivity index (χ4v) is 3.36. The lowest BCUT2D eigenvalue weighted by Gasteiger charge is -2.20. The lowest BCUT2D eigenvalue weighted by Crippen LogP contribution is -2.30. The van der Waals surface area contributed by atoms with Crippen LogP contribution in [0.3, 0.4) is 0 Å². The van der Waals surface area contributed by atoms with E-state index in [0.29, 0.717) is 23.7 Å². The predicted octanol–water partition coefficient (Wildman–Crippen LogP) is 4.83. The summed E-state index contributed by atoms with van der Waals surface area (Å²) in [5.41, 5.74) is 0.609. The molecule has 19 heavy (non-hydrogen) atoms. The number of benzene rings is 1. The SMILES string of the molecule is CCN(Cc1cccs1)C(=O)c1cc(Cl)cc(Br)c1. The van der Waals surface area contributed by atoms with Crippen LogP contribution in [0.2, 0.25) is 5.02 Å². The highest BCUT2D eigenvalue weighted by Crippen LogP contribution is 2.21. The molecule has 2 nitrogen and oxygen atoms in total. The summed E-state index contributed by atoms with van der Waals surface area (Å²) in [5, 5.41) is 2.58. The Hall–Kier alpha value is -0.840. The van der Waals surface area contributed by atoms with E-state index in [4.69, 9.17) is 11.6 Å². The first-order valence-electron chi connectivity index (χ1n) is 5.88. The first-order valence-corrected chi connectivity index (χ1v) is 7.93. The highest BCUT2D eigenvalue weighted by molar-refractivity contribution is 9.10. The van der Waals surface area contributed by atoms with Crippen LogP contribution in [0.25, 0.3) is 0 Å². The van der Waals surface area contributed by atoms with Gasteiger partial charge < -0.3 is 4.90 Å². The number of hydrogen-bond donors (Lipinski definition) is 0. The molecule has 0 spiro atoms. The lowest BCUT2D eigenvalue weighted by atomic mass is 10.2. The van der Waals surface area contributed by atoms with Crippen molar-refractivity contribution in [3.63, 3.8) is 0 Å². The molecule has 0 unspecified atom stereocenters. The number of carbonyl (C=O) groups is 1. The molecule has 0 aliphatic heterocycles. The molecule has 2 aromatic rings. The zero-order valence-electron chi connectivity index (χ0n) is 10.4. The topological polar surface area (TPSA) is 20.3 Å². The molecule has 0 N–H and O–H groups in total. The zero-order valence-corrected chi connectivity index (χ0v) is 13.6. The molecule has 0 radical (unpaired) electrons. The number of thiophene rings is 1. The summed E-state index contributed by atoms with van der Waals surface area (Å²) in [6, 6.07) is 9.30. The van der Waals surface area contributed by atoms with Crippen molar-refractivity contribution in [1.29, 1.82) is 0 Å². The third-order valence-electron chi connectivity index (χ3n) is 2.71. The Labute approximate surface area is 130 Å². The molecule has 0 bridgehead atoms.